The Labute approximate surface area is 286 Å². The Bertz CT molecular complexity index is 2030. The molecule has 3 fully saturated rings. The van der Waals surface area contributed by atoms with Crippen LogP contribution in [0.4, 0.5) is 32.8 Å². The van der Waals surface area contributed by atoms with Crippen LogP contribution >= 0.6 is 22.9 Å². The minimum absolute atomic E-state index is 0.0107. The van der Waals surface area contributed by atoms with Gasteiger partial charge in [0, 0.05) is 36.9 Å². The first-order valence-electron chi connectivity index (χ1n) is 16.0. The molecule has 2 unspecified atom stereocenters. The number of hydrogen-bond acceptors (Lipinski definition) is 10. The molecular formula is C33H30ClF5N6O3S. The number of nitrogens with two attached hydrogens (primary N) is 1. The summed E-state index contributed by atoms with van der Waals surface area (Å²) in [6.07, 6.45) is -2.14. The van der Waals surface area contributed by atoms with E-state index >= 15 is 8.78 Å². The van der Waals surface area contributed by atoms with Crippen LogP contribution in [-0.4, -0.2) is 84.6 Å². The van der Waals surface area contributed by atoms with E-state index in [1.54, 1.807) is 0 Å². The summed E-state index contributed by atoms with van der Waals surface area (Å²) in [4.78, 5) is 12.5. The van der Waals surface area contributed by atoms with Crippen molar-refractivity contribution < 1.29 is 36.2 Å². The van der Waals surface area contributed by atoms with Gasteiger partial charge in [-0.25, -0.2) is 22.0 Å². The van der Waals surface area contributed by atoms with Crippen LogP contribution in [-0.2, 0) is 4.74 Å². The molecule has 0 bridgehead atoms. The molecule has 0 saturated carbocycles. The third kappa shape index (κ3) is 5.21. The first kappa shape index (κ1) is 32.5. The monoisotopic (exact) mass is 720 g/mol. The summed E-state index contributed by atoms with van der Waals surface area (Å²) in [5.74, 6) is -1.72. The van der Waals surface area contributed by atoms with Gasteiger partial charge in [0.1, 0.15) is 47.1 Å². The van der Waals surface area contributed by atoms with Gasteiger partial charge in [0.15, 0.2) is 11.6 Å². The van der Waals surface area contributed by atoms with E-state index in [0.29, 0.717) is 25.8 Å². The van der Waals surface area contributed by atoms with E-state index in [-0.39, 0.29) is 98.1 Å². The second kappa shape index (κ2) is 12.3. The lowest BCUT2D eigenvalue weighted by atomic mass is 9.95. The molecule has 8 rings (SSSR count). The molecule has 0 amide bonds. The number of halogens is 6. The number of nitrogen functional groups attached to an aromatic ring is 1. The van der Waals surface area contributed by atoms with Crippen LogP contribution in [0, 0.1) is 23.0 Å². The normalized spacial score (nSPS) is 25.3. The lowest BCUT2D eigenvalue weighted by Crippen LogP contribution is -2.47. The molecule has 2 aromatic heterocycles. The first-order valence-corrected chi connectivity index (χ1v) is 17.2. The number of hydrogen-bond donors (Lipinski definition) is 1. The van der Waals surface area contributed by atoms with Gasteiger partial charge in [-0.2, -0.15) is 15.2 Å². The van der Waals surface area contributed by atoms with Crippen LogP contribution in [0.2, 0.25) is 5.02 Å². The Hall–Kier alpha value is -3.71. The van der Waals surface area contributed by atoms with Crippen LogP contribution < -0.4 is 20.1 Å². The maximum absolute atomic E-state index is 17.2. The molecule has 2 aromatic carbocycles. The van der Waals surface area contributed by atoms with E-state index in [4.69, 9.17) is 31.5 Å². The molecule has 0 radical (unpaired) electrons. The van der Waals surface area contributed by atoms with Crippen LogP contribution in [0.5, 0.6) is 11.8 Å². The van der Waals surface area contributed by atoms with Crippen molar-refractivity contribution in [1.82, 2.24) is 14.9 Å². The first-order chi connectivity index (χ1) is 23.6. The average Bonchev–Trinajstić information content (AvgIpc) is 3.61. The van der Waals surface area contributed by atoms with E-state index in [9.17, 15) is 18.4 Å². The molecule has 6 heterocycles. The molecular weight excluding hydrogens is 691 g/mol. The zero-order chi connectivity index (χ0) is 34.2. The lowest BCUT2D eigenvalue weighted by molar-refractivity contribution is 0.107. The summed E-state index contributed by atoms with van der Waals surface area (Å²) in [5, 5.41) is 9.80. The molecule has 4 aliphatic heterocycles. The lowest BCUT2D eigenvalue weighted by Gasteiger charge is -2.34. The van der Waals surface area contributed by atoms with E-state index < -0.39 is 48.5 Å². The Morgan fingerprint density at radius 2 is 2.02 bits per heavy atom. The van der Waals surface area contributed by atoms with Gasteiger partial charge in [0.2, 0.25) is 0 Å². The molecule has 258 valence electrons. The number of benzene rings is 2. The minimum atomic E-state index is -2.80. The zero-order valence-electron chi connectivity index (χ0n) is 26.0. The highest BCUT2D eigenvalue weighted by atomic mass is 35.5. The fourth-order valence-corrected chi connectivity index (χ4v) is 9.34. The van der Waals surface area contributed by atoms with Gasteiger partial charge in [0.05, 0.1) is 45.4 Å². The fourth-order valence-electron chi connectivity index (χ4n) is 8.07. The molecule has 4 aliphatic rings. The van der Waals surface area contributed by atoms with Gasteiger partial charge in [-0.3, -0.25) is 4.90 Å². The summed E-state index contributed by atoms with van der Waals surface area (Å²) >= 11 is 7.89. The maximum atomic E-state index is 17.2. The van der Waals surface area contributed by atoms with Crippen molar-refractivity contribution >= 4 is 54.7 Å². The van der Waals surface area contributed by atoms with Gasteiger partial charge < -0.3 is 24.8 Å². The minimum Gasteiger partial charge on any atom is -0.486 e. The highest BCUT2D eigenvalue weighted by molar-refractivity contribution is 7.23. The number of nitriles is 1. The number of aromatic nitrogens is 2. The van der Waals surface area contributed by atoms with Gasteiger partial charge in [0.25, 0.3) is 6.43 Å². The molecule has 4 atom stereocenters. The number of nitrogens with zero attached hydrogens (tertiary/aromatic N) is 5. The topological polar surface area (TPSA) is 110 Å². The van der Waals surface area contributed by atoms with Crippen LogP contribution in [0.25, 0.3) is 32.1 Å². The van der Waals surface area contributed by atoms with Crippen LogP contribution in [0.1, 0.15) is 37.7 Å². The number of anilines is 2. The largest absolute Gasteiger partial charge is 0.486 e. The smallest absolute Gasteiger partial charge is 0.319 e. The third-order valence-corrected chi connectivity index (χ3v) is 11.6. The van der Waals surface area contributed by atoms with Crippen molar-refractivity contribution in [3.05, 3.63) is 34.4 Å². The maximum Gasteiger partial charge on any atom is 0.319 e. The Kier molecular flexibility index (Phi) is 8.13. The van der Waals surface area contributed by atoms with Gasteiger partial charge >= 0.3 is 6.01 Å². The van der Waals surface area contributed by atoms with Gasteiger partial charge in [-0.05, 0) is 37.4 Å². The SMILES string of the molecule is N#Cc1c(N)sc2c(F)ccc(-c3c(Cl)c4c5c(nc(OC[C@@]67CCCN6C[C@H](F)C7)nc5c3F)N(CC(F)F)C3CCOCCC3O4)c12. The second-order valence-corrected chi connectivity index (χ2v) is 14.4. The van der Waals surface area contributed by atoms with Crippen molar-refractivity contribution in [2.75, 3.05) is 50.1 Å². The summed E-state index contributed by atoms with van der Waals surface area (Å²) in [7, 11) is 0. The quantitative estimate of drug-likeness (QED) is 0.214. The van der Waals surface area contributed by atoms with Crippen molar-refractivity contribution in [3.63, 3.8) is 0 Å². The molecule has 3 saturated heterocycles. The van der Waals surface area contributed by atoms with Crippen molar-refractivity contribution in [2.45, 2.75) is 62.4 Å². The molecule has 4 aromatic rings. The van der Waals surface area contributed by atoms with Gasteiger partial charge in [-0.15, -0.1) is 11.3 Å². The van der Waals surface area contributed by atoms with Crippen molar-refractivity contribution in [2.24, 2.45) is 0 Å². The van der Waals surface area contributed by atoms with Crippen molar-refractivity contribution in [3.8, 4) is 29.0 Å². The summed E-state index contributed by atoms with van der Waals surface area (Å²) in [5.41, 5.74) is 4.95. The predicted octanol–water partition coefficient (Wildman–Crippen LogP) is 6.86. The molecule has 49 heavy (non-hydrogen) atoms. The second-order valence-electron chi connectivity index (χ2n) is 13.0. The number of rotatable bonds is 6. The molecule has 9 nitrogen and oxygen atoms in total. The summed E-state index contributed by atoms with van der Waals surface area (Å²) in [6, 6.07) is 3.47. The van der Waals surface area contributed by atoms with E-state index in [2.05, 4.69) is 9.97 Å². The number of thiophene rings is 1. The van der Waals surface area contributed by atoms with Crippen LogP contribution in [0.15, 0.2) is 12.1 Å². The predicted molar refractivity (Wildman–Crippen MR) is 175 cm³/mol. The average molecular weight is 721 g/mol. The number of fused-ring (bicyclic) bond motifs is 3. The molecule has 2 N–H and O–H groups in total. The summed E-state index contributed by atoms with van der Waals surface area (Å²) in [6.45, 7) is 0.788. The van der Waals surface area contributed by atoms with E-state index in [0.717, 1.165) is 23.8 Å². The Morgan fingerprint density at radius 1 is 1.20 bits per heavy atom. The molecule has 0 spiro atoms. The zero-order valence-corrected chi connectivity index (χ0v) is 27.5. The molecule has 0 aliphatic carbocycles. The third-order valence-electron chi connectivity index (χ3n) is 10.2. The van der Waals surface area contributed by atoms with Crippen molar-refractivity contribution in [1.29, 1.82) is 5.26 Å². The highest BCUT2D eigenvalue weighted by Gasteiger charge is 2.49. The van der Waals surface area contributed by atoms with Gasteiger partial charge in [-0.1, -0.05) is 17.7 Å². The highest BCUT2D eigenvalue weighted by Crippen LogP contribution is 2.52. The number of alkyl halides is 3. The summed E-state index contributed by atoms with van der Waals surface area (Å²) < 4.78 is 93.8. The number of ether oxygens (including phenoxy) is 3. The Morgan fingerprint density at radius 3 is 2.82 bits per heavy atom. The van der Waals surface area contributed by atoms with Crippen LogP contribution in [0.3, 0.4) is 0 Å². The molecule has 16 heteroatoms. The fraction of sp³-hybridized carbons (Fsp3) is 0.485. The standard InChI is InChI=1S/C33H30ClF5N6O3S/c34-25-23(16-2-3-18(36)29-22(16)17(11-40)30(41)49-29)26(39)27-24-28(25)48-20-5-9-46-8-4-19(20)45(13-21(37)38)31(24)43-32(42-27)47-14-33-6-1-7-44(33)12-15(35)10-33/h2-3,15,19-21H,1,4-10,12-14,41H2/t15-,19?,20?,33+/m1/s1. The van der Waals surface area contributed by atoms with E-state index in [1.807, 2.05) is 11.0 Å². The Balaban J connectivity index is 1.38. The van der Waals surface area contributed by atoms with E-state index in [1.165, 1.54) is 11.0 Å².